The Morgan fingerprint density at radius 2 is 2.29 bits per heavy atom. The highest BCUT2D eigenvalue weighted by Crippen LogP contribution is 2.26. The summed E-state index contributed by atoms with van der Waals surface area (Å²) in [6, 6.07) is 3.59. The highest BCUT2D eigenvalue weighted by atomic mass is 16.5. The van der Waals surface area contributed by atoms with Crippen LogP contribution in [0.2, 0.25) is 0 Å². The summed E-state index contributed by atoms with van der Waals surface area (Å²) in [6.45, 7) is 6.16. The molecule has 1 heterocycles. The van der Waals surface area contributed by atoms with Gasteiger partial charge in [-0.1, -0.05) is 13.8 Å². The molecule has 1 rings (SSSR count). The number of furan rings is 1. The fourth-order valence-corrected chi connectivity index (χ4v) is 1.42. The number of hydrogen-bond acceptors (Lipinski definition) is 3. The van der Waals surface area contributed by atoms with Gasteiger partial charge in [0.1, 0.15) is 11.7 Å². The van der Waals surface area contributed by atoms with Gasteiger partial charge < -0.3 is 9.15 Å². The largest absolute Gasteiger partial charge is 0.468 e. The first-order valence-corrected chi connectivity index (χ1v) is 4.86. The number of carbonyl (C=O) groups excluding carboxylic acids is 1. The van der Waals surface area contributed by atoms with Crippen LogP contribution < -0.4 is 0 Å². The molecule has 0 spiro atoms. The third-order valence-electron chi connectivity index (χ3n) is 2.06. The minimum atomic E-state index is -0.287. The van der Waals surface area contributed by atoms with Crippen LogP contribution in [0.1, 0.15) is 32.4 Å². The number of rotatable bonds is 4. The topological polar surface area (TPSA) is 39.4 Å². The van der Waals surface area contributed by atoms with Gasteiger partial charge in [0.05, 0.1) is 12.9 Å². The Kier molecular flexibility index (Phi) is 3.74. The van der Waals surface area contributed by atoms with Crippen molar-refractivity contribution in [3.63, 3.8) is 0 Å². The lowest BCUT2D eigenvalue weighted by Gasteiger charge is -2.16. The standard InChI is InChI=1S/C11H16O3/c1-4-13-11(12)10(8(2)3)9-6-5-7-14-9/h5-8,10H,4H2,1-3H3. The van der Waals surface area contributed by atoms with Crippen molar-refractivity contribution in [1.29, 1.82) is 0 Å². The van der Waals surface area contributed by atoms with Crippen molar-refractivity contribution < 1.29 is 13.9 Å². The average molecular weight is 196 g/mol. The molecule has 3 nitrogen and oxygen atoms in total. The van der Waals surface area contributed by atoms with Crippen LogP contribution in [0.15, 0.2) is 22.8 Å². The van der Waals surface area contributed by atoms with E-state index in [1.54, 1.807) is 19.3 Å². The second-order valence-corrected chi connectivity index (χ2v) is 3.49. The monoisotopic (exact) mass is 196 g/mol. The van der Waals surface area contributed by atoms with Gasteiger partial charge in [0.15, 0.2) is 0 Å². The molecule has 0 N–H and O–H groups in total. The van der Waals surface area contributed by atoms with E-state index in [1.807, 2.05) is 19.9 Å². The summed E-state index contributed by atoms with van der Waals surface area (Å²) in [7, 11) is 0. The molecule has 0 aliphatic rings. The van der Waals surface area contributed by atoms with E-state index in [0.717, 1.165) is 0 Å². The van der Waals surface area contributed by atoms with Gasteiger partial charge in [-0.25, -0.2) is 0 Å². The van der Waals surface area contributed by atoms with Gasteiger partial charge >= 0.3 is 5.97 Å². The van der Waals surface area contributed by atoms with Gasteiger partial charge in [-0.3, -0.25) is 4.79 Å². The van der Waals surface area contributed by atoms with Crippen LogP contribution in [0, 0.1) is 5.92 Å². The van der Waals surface area contributed by atoms with Crippen molar-refractivity contribution in [2.45, 2.75) is 26.7 Å². The molecule has 0 aliphatic carbocycles. The third kappa shape index (κ3) is 2.37. The molecule has 1 aromatic rings. The van der Waals surface area contributed by atoms with E-state index in [4.69, 9.17) is 9.15 Å². The Morgan fingerprint density at radius 1 is 1.57 bits per heavy atom. The Bertz CT molecular complexity index is 275. The smallest absolute Gasteiger partial charge is 0.316 e. The van der Waals surface area contributed by atoms with Crippen LogP contribution in [-0.2, 0) is 9.53 Å². The van der Waals surface area contributed by atoms with E-state index in [0.29, 0.717) is 12.4 Å². The molecule has 1 aromatic heterocycles. The normalized spacial score (nSPS) is 12.9. The van der Waals surface area contributed by atoms with Crippen molar-refractivity contribution in [1.82, 2.24) is 0 Å². The lowest BCUT2D eigenvalue weighted by atomic mass is 9.93. The molecule has 0 radical (unpaired) electrons. The maximum atomic E-state index is 11.6. The SMILES string of the molecule is CCOC(=O)C(c1ccco1)C(C)C. The van der Waals surface area contributed by atoms with Crippen molar-refractivity contribution in [2.75, 3.05) is 6.61 Å². The van der Waals surface area contributed by atoms with Crippen molar-refractivity contribution in [3.05, 3.63) is 24.2 Å². The second kappa shape index (κ2) is 4.84. The van der Waals surface area contributed by atoms with Crippen LogP contribution >= 0.6 is 0 Å². The third-order valence-corrected chi connectivity index (χ3v) is 2.06. The summed E-state index contributed by atoms with van der Waals surface area (Å²) in [6.07, 6.45) is 1.57. The molecular formula is C11H16O3. The summed E-state index contributed by atoms with van der Waals surface area (Å²) in [5, 5.41) is 0. The average Bonchev–Trinajstić information content (AvgIpc) is 2.57. The van der Waals surface area contributed by atoms with Crippen LogP contribution in [0.4, 0.5) is 0 Å². The molecule has 0 bridgehead atoms. The lowest BCUT2D eigenvalue weighted by molar-refractivity contribution is -0.146. The van der Waals surface area contributed by atoms with Crippen LogP contribution in [0.5, 0.6) is 0 Å². The maximum absolute atomic E-state index is 11.6. The molecule has 78 valence electrons. The number of hydrogen-bond donors (Lipinski definition) is 0. The van der Waals surface area contributed by atoms with Gasteiger partial charge in [-0.2, -0.15) is 0 Å². The van der Waals surface area contributed by atoms with E-state index in [9.17, 15) is 4.79 Å². The molecule has 0 aromatic carbocycles. The highest BCUT2D eigenvalue weighted by molar-refractivity contribution is 5.77. The Balaban J connectivity index is 2.80. The molecule has 1 atom stereocenters. The van der Waals surface area contributed by atoms with E-state index in [1.165, 1.54) is 0 Å². The van der Waals surface area contributed by atoms with Crippen molar-refractivity contribution >= 4 is 5.97 Å². The molecule has 3 heteroatoms. The van der Waals surface area contributed by atoms with Gasteiger partial charge in [0.25, 0.3) is 0 Å². The van der Waals surface area contributed by atoms with Gasteiger partial charge in [0.2, 0.25) is 0 Å². The fraction of sp³-hybridized carbons (Fsp3) is 0.545. The van der Waals surface area contributed by atoms with Crippen LogP contribution in [0.25, 0.3) is 0 Å². The summed E-state index contributed by atoms with van der Waals surface area (Å²) in [5.74, 6) is 0.362. The lowest BCUT2D eigenvalue weighted by Crippen LogP contribution is -2.20. The molecule has 0 amide bonds. The summed E-state index contributed by atoms with van der Waals surface area (Å²) >= 11 is 0. The summed E-state index contributed by atoms with van der Waals surface area (Å²) in [4.78, 5) is 11.6. The Morgan fingerprint density at radius 3 is 2.71 bits per heavy atom. The Labute approximate surface area is 84.1 Å². The predicted molar refractivity (Wildman–Crippen MR) is 52.9 cm³/mol. The second-order valence-electron chi connectivity index (χ2n) is 3.49. The van der Waals surface area contributed by atoms with Gasteiger partial charge in [0, 0.05) is 0 Å². The van der Waals surface area contributed by atoms with Crippen molar-refractivity contribution in [2.24, 2.45) is 5.92 Å². The minimum absolute atomic E-state index is 0.181. The van der Waals surface area contributed by atoms with E-state index in [2.05, 4.69) is 0 Å². The van der Waals surface area contributed by atoms with E-state index >= 15 is 0 Å². The molecule has 14 heavy (non-hydrogen) atoms. The first-order valence-electron chi connectivity index (χ1n) is 4.86. The zero-order valence-corrected chi connectivity index (χ0v) is 8.82. The quantitative estimate of drug-likeness (QED) is 0.695. The molecule has 1 unspecified atom stereocenters. The zero-order valence-electron chi connectivity index (χ0n) is 8.82. The summed E-state index contributed by atoms with van der Waals surface area (Å²) in [5.41, 5.74) is 0. The first kappa shape index (κ1) is 10.8. The van der Waals surface area contributed by atoms with Gasteiger partial charge in [-0.15, -0.1) is 0 Å². The summed E-state index contributed by atoms with van der Waals surface area (Å²) < 4.78 is 10.2. The number of ether oxygens (including phenoxy) is 1. The zero-order chi connectivity index (χ0) is 10.6. The maximum Gasteiger partial charge on any atom is 0.316 e. The fourth-order valence-electron chi connectivity index (χ4n) is 1.42. The van der Waals surface area contributed by atoms with E-state index in [-0.39, 0.29) is 17.8 Å². The van der Waals surface area contributed by atoms with Crippen molar-refractivity contribution in [3.8, 4) is 0 Å². The molecular weight excluding hydrogens is 180 g/mol. The number of carbonyl (C=O) groups is 1. The number of esters is 1. The molecule has 0 saturated carbocycles. The Hall–Kier alpha value is -1.25. The molecule has 0 fully saturated rings. The predicted octanol–water partition coefficient (Wildman–Crippen LogP) is 2.58. The highest BCUT2D eigenvalue weighted by Gasteiger charge is 2.27. The molecule has 0 aliphatic heterocycles. The van der Waals surface area contributed by atoms with Crippen LogP contribution in [-0.4, -0.2) is 12.6 Å². The van der Waals surface area contributed by atoms with Gasteiger partial charge in [-0.05, 0) is 25.0 Å². The van der Waals surface area contributed by atoms with Crippen LogP contribution in [0.3, 0.4) is 0 Å². The first-order chi connectivity index (χ1) is 6.66. The molecule has 0 saturated heterocycles. The van der Waals surface area contributed by atoms with E-state index < -0.39 is 0 Å². The minimum Gasteiger partial charge on any atom is -0.468 e.